The van der Waals surface area contributed by atoms with Gasteiger partial charge in [-0.2, -0.15) is 26.3 Å². The molecule has 256 valence electrons. The van der Waals surface area contributed by atoms with Crippen LogP contribution in [0, 0.1) is 0 Å². The number of fused-ring (bicyclic) bond motifs is 4. The molecular formula is C37H20F6N2O6. The molecule has 4 aliphatic rings. The number of anilines is 2. The molecule has 51 heavy (non-hydrogen) atoms. The van der Waals surface area contributed by atoms with E-state index in [0.717, 1.165) is 12.1 Å². The molecule has 4 aromatic rings. The van der Waals surface area contributed by atoms with Crippen molar-refractivity contribution in [3.05, 3.63) is 129 Å². The molecule has 0 saturated carbocycles. The van der Waals surface area contributed by atoms with E-state index in [2.05, 4.69) is 0 Å². The molecule has 4 aliphatic heterocycles. The van der Waals surface area contributed by atoms with Crippen LogP contribution in [0.2, 0.25) is 0 Å². The van der Waals surface area contributed by atoms with Crippen molar-refractivity contribution in [1.82, 2.24) is 0 Å². The number of hydrogen-bond donors (Lipinski definition) is 0. The van der Waals surface area contributed by atoms with Crippen LogP contribution in [-0.2, 0) is 5.41 Å². The molecule has 8 nitrogen and oxygen atoms in total. The topological polar surface area (TPSA) is 93.2 Å². The second kappa shape index (κ2) is 10.9. The minimum Gasteiger partial charge on any atom is -0.489 e. The van der Waals surface area contributed by atoms with Gasteiger partial charge in [0.1, 0.15) is 24.7 Å². The lowest BCUT2D eigenvalue weighted by Crippen LogP contribution is -2.55. The molecule has 0 unspecified atom stereocenters. The summed E-state index contributed by atoms with van der Waals surface area (Å²) in [6.07, 6.45) is -5.83. The second-order valence-corrected chi connectivity index (χ2v) is 12.0. The first-order chi connectivity index (χ1) is 24.3. The van der Waals surface area contributed by atoms with Gasteiger partial charge >= 0.3 is 12.4 Å². The number of nitrogens with zero attached hydrogens (tertiary/aromatic N) is 2. The third kappa shape index (κ3) is 4.41. The maximum atomic E-state index is 15.3. The highest BCUT2D eigenvalue weighted by atomic mass is 19.4. The Kier molecular flexibility index (Phi) is 6.86. The minimum absolute atomic E-state index is 0.0298. The Labute approximate surface area is 283 Å². The van der Waals surface area contributed by atoms with Gasteiger partial charge in [0, 0.05) is 11.1 Å². The first-order valence-electron chi connectivity index (χ1n) is 15.3. The number of alkyl halides is 6. The molecule has 0 fully saturated rings. The van der Waals surface area contributed by atoms with Crippen LogP contribution in [-0.4, -0.2) is 49.2 Å². The average Bonchev–Trinajstić information content (AvgIpc) is 3.49. The van der Waals surface area contributed by atoms with E-state index in [1.807, 2.05) is 0 Å². The molecule has 4 amide bonds. The maximum absolute atomic E-state index is 15.3. The van der Waals surface area contributed by atoms with Gasteiger partial charge in [-0.25, -0.2) is 9.80 Å². The summed E-state index contributed by atoms with van der Waals surface area (Å²) in [5, 5.41) is 0. The molecule has 0 aliphatic carbocycles. The lowest BCUT2D eigenvalue weighted by molar-refractivity contribution is -0.288. The summed E-state index contributed by atoms with van der Waals surface area (Å²) in [6, 6.07) is 12.2. The quantitative estimate of drug-likeness (QED) is 0.162. The van der Waals surface area contributed by atoms with Crippen LogP contribution < -0.4 is 19.3 Å². The van der Waals surface area contributed by atoms with Crippen molar-refractivity contribution in [3.8, 4) is 11.5 Å². The summed E-state index contributed by atoms with van der Waals surface area (Å²) in [4.78, 5) is 55.6. The van der Waals surface area contributed by atoms with Crippen LogP contribution in [0.25, 0.3) is 12.2 Å². The number of benzene rings is 4. The van der Waals surface area contributed by atoms with E-state index in [4.69, 9.17) is 9.47 Å². The molecule has 14 heteroatoms. The Balaban J connectivity index is 1.26. The van der Waals surface area contributed by atoms with Crippen molar-refractivity contribution in [2.45, 2.75) is 17.8 Å². The smallest absolute Gasteiger partial charge is 0.411 e. The van der Waals surface area contributed by atoms with Crippen molar-refractivity contribution in [3.63, 3.8) is 0 Å². The average molecular weight is 703 g/mol. The summed E-state index contributed by atoms with van der Waals surface area (Å²) in [6.45, 7) is 0.416. The zero-order valence-corrected chi connectivity index (χ0v) is 25.8. The SMILES string of the molecule is O=C1c2ccc(C(c3ccc4c(c3)C(=O)N(c3cccc5c3C=CCO5)C4=O)(C(F)(F)F)C(F)(F)F)cc2C(=O)N1c1cccc2c1C=CCO2. The predicted molar refractivity (Wildman–Crippen MR) is 170 cm³/mol. The largest absolute Gasteiger partial charge is 0.489 e. The molecule has 0 atom stereocenters. The first-order valence-corrected chi connectivity index (χ1v) is 15.3. The van der Waals surface area contributed by atoms with E-state index < -0.39 is 74.8 Å². The highest BCUT2D eigenvalue weighted by molar-refractivity contribution is 6.36. The summed E-state index contributed by atoms with van der Waals surface area (Å²) >= 11 is 0. The van der Waals surface area contributed by atoms with Crippen LogP contribution in [0.5, 0.6) is 11.5 Å². The van der Waals surface area contributed by atoms with Gasteiger partial charge in [0.2, 0.25) is 5.41 Å². The predicted octanol–water partition coefficient (Wildman–Crippen LogP) is 7.51. The van der Waals surface area contributed by atoms with Gasteiger partial charge in [-0.15, -0.1) is 0 Å². The van der Waals surface area contributed by atoms with Gasteiger partial charge in [-0.1, -0.05) is 24.3 Å². The van der Waals surface area contributed by atoms with Gasteiger partial charge < -0.3 is 9.47 Å². The normalized spacial score (nSPS) is 16.5. The molecule has 0 aromatic heterocycles. The fourth-order valence-electron chi connectivity index (χ4n) is 7.02. The number of hydrogen-bond acceptors (Lipinski definition) is 6. The van der Waals surface area contributed by atoms with E-state index in [0.29, 0.717) is 56.7 Å². The second-order valence-electron chi connectivity index (χ2n) is 12.0. The van der Waals surface area contributed by atoms with Crippen molar-refractivity contribution < 1.29 is 55.0 Å². The molecule has 4 aromatic carbocycles. The number of amides is 4. The van der Waals surface area contributed by atoms with Crippen molar-refractivity contribution in [1.29, 1.82) is 0 Å². The van der Waals surface area contributed by atoms with Gasteiger partial charge in [-0.3, -0.25) is 19.2 Å². The van der Waals surface area contributed by atoms with E-state index in [9.17, 15) is 19.2 Å². The zero-order valence-electron chi connectivity index (χ0n) is 25.8. The lowest BCUT2D eigenvalue weighted by atomic mass is 9.71. The van der Waals surface area contributed by atoms with Gasteiger partial charge in [0.25, 0.3) is 23.6 Å². The van der Waals surface area contributed by atoms with E-state index in [1.54, 1.807) is 36.4 Å². The van der Waals surface area contributed by atoms with E-state index in [-0.39, 0.29) is 24.6 Å². The summed E-state index contributed by atoms with van der Waals surface area (Å²) in [5.41, 5.74) is -9.12. The fraction of sp³-hybridized carbons (Fsp3) is 0.135. The highest BCUT2D eigenvalue weighted by Gasteiger charge is 2.73. The summed E-state index contributed by atoms with van der Waals surface area (Å²) in [7, 11) is 0. The highest BCUT2D eigenvalue weighted by Crippen LogP contribution is 2.57. The molecule has 0 radical (unpaired) electrons. The molecule has 4 heterocycles. The van der Waals surface area contributed by atoms with Gasteiger partial charge in [0.15, 0.2) is 0 Å². The third-order valence-electron chi connectivity index (χ3n) is 9.30. The molecular weight excluding hydrogens is 682 g/mol. The Hall–Kier alpha value is -6.18. The Morgan fingerprint density at radius 3 is 1.29 bits per heavy atom. The number of halogens is 6. The Morgan fingerprint density at radius 1 is 0.510 bits per heavy atom. The maximum Gasteiger partial charge on any atom is 0.411 e. The van der Waals surface area contributed by atoms with Crippen molar-refractivity contribution >= 4 is 47.2 Å². The number of carbonyl (C=O) groups is 4. The number of imide groups is 2. The summed E-state index contributed by atoms with van der Waals surface area (Å²) < 4.78 is 103. The van der Waals surface area contributed by atoms with Gasteiger partial charge in [0.05, 0.1) is 33.6 Å². The number of ether oxygens (including phenoxy) is 2. The van der Waals surface area contributed by atoms with E-state index in [1.165, 1.54) is 24.3 Å². The van der Waals surface area contributed by atoms with Crippen LogP contribution in [0.1, 0.15) is 63.7 Å². The monoisotopic (exact) mass is 702 g/mol. The Bertz CT molecular complexity index is 2150. The molecule has 0 saturated heterocycles. The molecule has 0 spiro atoms. The van der Waals surface area contributed by atoms with E-state index >= 15 is 26.3 Å². The zero-order chi connectivity index (χ0) is 36.0. The van der Waals surface area contributed by atoms with Crippen molar-refractivity contribution in [2.75, 3.05) is 23.0 Å². The summed E-state index contributed by atoms with van der Waals surface area (Å²) in [5.74, 6) is -3.55. The minimum atomic E-state index is -6.11. The van der Waals surface area contributed by atoms with Gasteiger partial charge in [-0.05, 0) is 84.0 Å². The Morgan fingerprint density at radius 2 is 0.902 bits per heavy atom. The number of carbonyl (C=O) groups excluding carboxylic acids is 4. The molecule has 0 N–H and O–H groups in total. The number of rotatable bonds is 4. The lowest BCUT2D eigenvalue weighted by Gasteiger charge is -2.38. The standard InChI is InChI=1S/C37H20F6N2O6/c38-36(39,40)35(37(41,42)43,19-11-13-21-25(17-19)33(48)44(31(21)46)27-7-1-9-29-23(27)5-3-15-50-29)20-12-14-22-26(18-20)34(49)45(32(22)47)28-8-2-10-30-24(28)6-4-16-51-30/h1-14,17-18H,15-16H2. The van der Waals surface area contributed by atoms with Crippen LogP contribution in [0.15, 0.2) is 84.9 Å². The molecule has 8 rings (SSSR count). The third-order valence-corrected chi connectivity index (χ3v) is 9.30. The van der Waals surface area contributed by atoms with Crippen molar-refractivity contribution in [2.24, 2.45) is 0 Å². The van der Waals surface area contributed by atoms with Crippen LogP contribution in [0.3, 0.4) is 0 Å². The van der Waals surface area contributed by atoms with Crippen LogP contribution >= 0.6 is 0 Å². The molecule has 0 bridgehead atoms. The fourth-order valence-corrected chi connectivity index (χ4v) is 7.02. The van der Waals surface area contributed by atoms with Crippen LogP contribution in [0.4, 0.5) is 37.7 Å². The first kappa shape index (κ1) is 32.0.